The third-order valence-corrected chi connectivity index (χ3v) is 4.94. The van der Waals surface area contributed by atoms with Gasteiger partial charge in [0.15, 0.2) is 23.2 Å². The summed E-state index contributed by atoms with van der Waals surface area (Å²) < 4.78 is 18.2. The van der Waals surface area contributed by atoms with E-state index in [-0.39, 0.29) is 24.5 Å². The van der Waals surface area contributed by atoms with Gasteiger partial charge >= 0.3 is 6.01 Å². The molecule has 4 N–H and O–H groups in total. The molecule has 2 aliphatic rings. The van der Waals surface area contributed by atoms with E-state index in [1.807, 2.05) is 0 Å². The van der Waals surface area contributed by atoms with E-state index >= 15 is 0 Å². The van der Waals surface area contributed by atoms with Crippen molar-refractivity contribution < 1.29 is 24.4 Å². The average Bonchev–Trinajstić information content (AvgIpc) is 3.32. The predicted octanol–water partition coefficient (Wildman–Crippen LogP) is -0.00450. The van der Waals surface area contributed by atoms with Gasteiger partial charge in [-0.2, -0.15) is 9.97 Å². The Morgan fingerprint density at radius 3 is 2.77 bits per heavy atom. The third-order valence-electron chi connectivity index (χ3n) is 4.94. The summed E-state index contributed by atoms with van der Waals surface area (Å²) in [6.07, 6.45) is 2.01. The SMILES string of the molecule is COC[C@H]1O[C@@H](n2cnc3c(N)nc(OC4CCCC4)nc32)[C@H](O)[C@@H]1O. The molecule has 0 aromatic carbocycles. The molecule has 1 saturated heterocycles. The van der Waals surface area contributed by atoms with Crippen molar-refractivity contribution in [2.24, 2.45) is 0 Å². The van der Waals surface area contributed by atoms with Crippen LogP contribution in [0.4, 0.5) is 5.82 Å². The van der Waals surface area contributed by atoms with Crippen molar-refractivity contribution in [3.05, 3.63) is 6.33 Å². The van der Waals surface area contributed by atoms with E-state index < -0.39 is 24.5 Å². The number of ether oxygens (including phenoxy) is 3. The van der Waals surface area contributed by atoms with Gasteiger partial charge in [0, 0.05) is 7.11 Å². The summed E-state index contributed by atoms with van der Waals surface area (Å²) in [7, 11) is 1.50. The Labute approximate surface area is 149 Å². The van der Waals surface area contributed by atoms with Gasteiger partial charge in [0.25, 0.3) is 0 Å². The topological polar surface area (TPSA) is 138 Å². The number of aromatic nitrogens is 4. The third kappa shape index (κ3) is 2.98. The van der Waals surface area contributed by atoms with E-state index in [4.69, 9.17) is 19.9 Å². The van der Waals surface area contributed by atoms with Crippen LogP contribution < -0.4 is 10.5 Å². The number of fused-ring (bicyclic) bond motifs is 1. The van der Waals surface area contributed by atoms with E-state index in [2.05, 4.69) is 15.0 Å². The van der Waals surface area contributed by atoms with Crippen LogP contribution in [0, 0.1) is 0 Å². The van der Waals surface area contributed by atoms with Crippen LogP contribution in [-0.4, -0.2) is 67.9 Å². The van der Waals surface area contributed by atoms with Gasteiger partial charge in [-0.05, 0) is 25.7 Å². The zero-order chi connectivity index (χ0) is 18.3. The first kappa shape index (κ1) is 17.4. The van der Waals surface area contributed by atoms with Gasteiger partial charge in [-0.3, -0.25) is 4.57 Å². The Morgan fingerprint density at radius 2 is 2.04 bits per heavy atom. The summed E-state index contributed by atoms with van der Waals surface area (Å²) in [6.45, 7) is 0.161. The molecule has 2 aromatic rings. The minimum absolute atomic E-state index is 0.0875. The Hall–Kier alpha value is -2.01. The molecular formula is C16H23N5O5. The highest BCUT2D eigenvalue weighted by atomic mass is 16.6. The van der Waals surface area contributed by atoms with Gasteiger partial charge in [0.1, 0.15) is 24.4 Å². The summed E-state index contributed by atoms with van der Waals surface area (Å²) in [6, 6.07) is 0.185. The first-order valence-corrected chi connectivity index (χ1v) is 8.75. The number of hydrogen-bond acceptors (Lipinski definition) is 9. The van der Waals surface area contributed by atoms with Crippen LogP contribution in [0.1, 0.15) is 31.9 Å². The Kier molecular flexibility index (Phi) is 4.65. The lowest BCUT2D eigenvalue weighted by Crippen LogP contribution is -2.33. The molecule has 2 aromatic heterocycles. The summed E-state index contributed by atoms with van der Waals surface area (Å²) in [5.74, 6) is 0.197. The number of methoxy groups -OCH3 is 1. The number of rotatable bonds is 5. The second-order valence-electron chi connectivity index (χ2n) is 6.74. The normalized spacial score (nSPS) is 29.7. The fourth-order valence-electron chi connectivity index (χ4n) is 3.57. The summed E-state index contributed by atoms with van der Waals surface area (Å²) in [5, 5.41) is 20.5. The van der Waals surface area contributed by atoms with Crippen molar-refractivity contribution in [3.8, 4) is 6.01 Å². The van der Waals surface area contributed by atoms with Crippen molar-refractivity contribution in [1.82, 2.24) is 19.5 Å². The van der Waals surface area contributed by atoms with E-state index in [1.54, 1.807) is 4.57 Å². The average molecular weight is 365 g/mol. The lowest BCUT2D eigenvalue weighted by atomic mass is 10.1. The van der Waals surface area contributed by atoms with Crippen molar-refractivity contribution >= 4 is 17.0 Å². The molecule has 4 rings (SSSR count). The molecule has 2 fully saturated rings. The maximum absolute atomic E-state index is 10.4. The zero-order valence-electron chi connectivity index (χ0n) is 14.5. The molecule has 26 heavy (non-hydrogen) atoms. The molecule has 0 amide bonds. The van der Waals surface area contributed by atoms with Crippen LogP contribution in [-0.2, 0) is 9.47 Å². The molecule has 1 aliphatic heterocycles. The fourth-order valence-corrected chi connectivity index (χ4v) is 3.57. The summed E-state index contributed by atoms with van der Waals surface area (Å²) in [4.78, 5) is 12.8. The summed E-state index contributed by atoms with van der Waals surface area (Å²) >= 11 is 0. The quantitative estimate of drug-likeness (QED) is 0.668. The van der Waals surface area contributed by atoms with Gasteiger partial charge < -0.3 is 30.2 Å². The molecule has 142 valence electrons. The maximum atomic E-state index is 10.4. The highest BCUT2D eigenvalue weighted by molar-refractivity contribution is 5.82. The molecular weight excluding hydrogens is 342 g/mol. The van der Waals surface area contributed by atoms with Crippen LogP contribution >= 0.6 is 0 Å². The van der Waals surface area contributed by atoms with E-state index in [0.29, 0.717) is 11.2 Å². The molecule has 10 nitrogen and oxygen atoms in total. The number of aliphatic hydroxyl groups excluding tert-OH is 2. The number of imidazole rings is 1. The number of nitrogen functional groups attached to an aromatic ring is 1. The minimum Gasteiger partial charge on any atom is -0.460 e. The van der Waals surface area contributed by atoms with Crippen LogP contribution in [0.5, 0.6) is 6.01 Å². The standard InChI is InChI=1S/C16H23N5O5/c1-24-6-9-11(22)12(23)15(26-9)21-7-18-10-13(17)19-16(20-14(10)21)25-8-4-2-3-5-8/h7-9,11-12,15,22-23H,2-6H2,1H3,(H2,17,19,20)/t9-,11-,12-,15-/m1/s1. The second-order valence-corrected chi connectivity index (χ2v) is 6.74. The highest BCUT2D eigenvalue weighted by Crippen LogP contribution is 2.33. The zero-order valence-corrected chi connectivity index (χ0v) is 14.5. The summed E-state index contributed by atoms with van der Waals surface area (Å²) in [5.41, 5.74) is 6.78. The number of anilines is 1. The molecule has 1 saturated carbocycles. The first-order chi connectivity index (χ1) is 12.6. The predicted molar refractivity (Wildman–Crippen MR) is 90.4 cm³/mol. The van der Waals surface area contributed by atoms with E-state index in [0.717, 1.165) is 25.7 Å². The Balaban J connectivity index is 1.66. The van der Waals surface area contributed by atoms with Crippen molar-refractivity contribution in [1.29, 1.82) is 0 Å². The largest absolute Gasteiger partial charge is 0.460 e. The van der Waals surface area contributed by atoms with Gasteiger partial charge in [-0.1, -0.05) is 0 Å². The lowest BCUT2D eigenvalue weighted by Gasteiger charge is -2.17. The van der Waals surface area contributed by atoms with Crippen LogP contribution in [0.2, 0.25) is 0 Å². The molecule has 0 unspecified atom stereocenters. The smallest absolute Gasteiger partial charge is 0.320 e. The second kappa shape index (κ2) is 6.95. The number of hydrogen-bond donors (Lipinski definition) is 3. The van der Waals surface area contributed by atoms with Gasteiger partial charge in [0.2, 0.25) is 0 Å². The highest BCUT2D eigenvalue weighted by Gasteiger charge is 2.44. The van der Waals surface area contributed by atoms with Gasteiger partial charge in [-0.15, -0.1) is 0 Å². The lowest BCUT2D eigenvalue weighted by molar-refractivity contribution is -0.0580. The van der Waals surface area contributed by atoms with Gasteiger partial charge in [-0.25, -0.2) is 4.98 Å². The first-order valence-electron chi connectivity index (χ1n) is 8.75. The maximum Gasteiger partial charge on any atom is 0.320 e. The van der Waals surface area contributed by atoms with Crippen LogP contribution in [0.25, 0.3) is 11.2 Å². The van der Waals surface area contributed by atoms with Crippen LogP contribution in [0.3, 0.4) is 0 Å². The van der Waals surface area contributed by atoms with E-state index in [1.165, 1.54) is 13.4 Å². The molecule has 0 bridgehead atoms. The Bertz CT molecular complexity index is 778. The van der Waals surface area contributed by atoms with Gasteiger partial charge in [0.05, 0.1) is 12.9 Å². The molecule has 0 spiro atoms. The number of aliphatic hydroxyl groups is 2. The minimum atomic E-state index is -1.15. The Morgan fingerprint density at radius 1 is 1.27 bits per heavy atom. The molecule has 1 aliphatic carbocycles. The fraction of sp³-hybridized carbons (Fsp3) is 0.688. The molecule has 4 atom stereocenters. The van der Waals surface area contributed by atoms with Crippen molar-refractivity contribution in [3.63, 3.8) is 0 Å². The molecule has 10 heteroatoms. The van der Waals surface area contributed by atoms with E-state index in [9.17, 15) is 10.2 Å². The van der Waals surface area contributed by atoms with Crippen molar-refractivity contribution in [2.75, 3.05) is 19.5 Å². The monoisotopic (exact) mass is 365 g/mol. The number of nitrogens with two attached hydrogens (primary N) is 1. The van der Waals surface area contributed by atoms with Crippen molar-refractivity contribution in [2.45, 2.75) is 56.3 Å². The molecule has 3 heterocycles. The van der Waals surface area contributed by atoms with Crippen LogP contribution in [0.15, 0.2) is 6.33 Å². The number of nitrogens with zero attached hydrogens (tertiary/aromatic N) is 4. The molecule has 0 radical (unpaired) electrons.